The highest BCUT2D eigenvalue weighted by molar-refractivity contribution is 7.91. The summed E-state index contributed by atoms with van der Waals surface area (Å²) in [4.78, 5) is 1.02. The van der Waals surface area contributed by atoms with Crippen molar-refractivity contribution >= 4 is 21.4 Å². The van der Waals surface area contributed by atoms with Gasteiger partial charge in [0, 0.05) is 18.0 Å². The molecule has 4 nitrogen and oxygen atoms in total. The van der Waals surface area contributed by atoms with Gasteiger partial charge in [-0.25, -0.2) is 13.1 Å². The molecule has 92 valence electrons. The van der Waals surface area contributed by atoms with E-state index in [0.29, 0.717) is 17.3 Å². The van der Waals surface area contributed by atoms with Crippen LogP contribution in [-0.4, -0.2) is 28.1 Å². The summed E-state index contributed by atoms with van der Waals surface area (Å²) in [5, 5.41) is 3.07. The lowest BCUT2D eigenvalue weighted by Gasteiger charge is -2.05. The van der Waals surface area contributed by atoms with Crippen molar-refractivity contribution in [1.82, 2.24) is 10.0 Å². The molecule has 6 heteroatoms. The van der Waals surface area contributed by atoms with Crippen LogP contribution in [0.15, 0.2) is 10.3 Å². The van der Waals surface area contributed by atoms with Crippen molar-refractivity contribution in [3.8, 4) is 0 Å². The zero-order valence-electron chi connectivity index (χ0n) is 9.83. The van der Waals surface area contributed by atoms with Gasteiger partial charge in [-0.3, -0.25) is 0 Å². The minimum Gasteiger partial charge on any atom is -0.316 e. The number of thiophene rings is 1. The standard InChI is InChI=1S/C10H18N2O2S2/c1-4-11-5-6-12-16(13,14)10-8(2)7-9(3)15-10/h7,11-12H,4-6H2,1-3H3. The van der Waals surface area contributed by atoms with Crippen LogP contribution in [-0.2, 0) is 10.0 Å². The van der Waals surface area contributed by atoms with Gasteiger partial charge in [-0.05, 0) is 32.0 Å². The third-order valence-electron chi connectivity index (χ3n) is 2.08. The van der Waals surface area contributed by atoms with Gasteiger partial charge in [-0.15, -0.1) is 11.3 Å². The van der Waals surface area contributed by atoms with Gasteiger partial charge in [-0.2, -0.15) is 0 Å². The highest BCUT2D eigenvalue weighted by Gasteiger charge is 2.18. The number of hydrogen-bond acceptors (Lipinski definition) is 4. The van der Waals surface area contributed by atoms with Crippen molar-refractivity contribution in [2.24, 2.45) is 0 Å². The normalized spacial score (nSPS) is 11.9. The highest BCUT2D eigenvalue weighted by Crippen LogP contribution is 2.25. The van der Waals surface area contributed by atoms with Crippen LogP contribution in [0.2, 0.25) is 0 Å². The fourth-order valence-electron chi connectivity index (χ4n) is 1.40. The molecule has 0 aliphatic heterocycles. The van der Waals surface area contributed by atoms with Crippen LogP contribution in [0.5, 0.6) is 0 Å². The summed E-state index contributed by atoms with van der Waals surface area (Å²) in [6.45, 7) is 7.64. The molecule has 0 radical (unpaired) electrons. The van der Waals surface area contributed by atoms with Crippen molar-refractivity contribution < 1.29 is 8.42 Å². The van der Waals surface area contributed by atoms with Crippen molar-refractivity contribution in [2.75, 3.05) is 19.6 Å². The molecular formula is C10H18N2O2S2. The average Bonchev–Trinajstić information content (AvgIpc) is 2.53. The maximum Gasteiger partial charge on any atom is 0.250 e. The first-order chi connectivity index (χ1) is 7.47. The molecule has 2 N–H and O–H groups in total. The largest absolute Gasteiger partial charge is 0.316 e. The minimum atomic E-state index is -3.32. The first-order valence-corrected chi connectivity index (χ1v) is 7.54. The van der Waals surface area contributed by atoms with Crippen molar-refractivity contribution in [3.63, 3.8) is 0 Å². The third kappa shape index (κ3) is 3.55. The predicted molar refractivity (Wildman–Crippen MR) is 67.5 cm³/mol. The Labute approximate surface area is 101 Å². The molecule has 1 rings (SSSR count). The number of likely N-dealkylation sites (N-methyl/N-ethyl adjacent to an activating group) is 1. The van der Waals surface area contributed by atoms with E-state index in [1.54, 1.807) is 0 Å². The van der Waals surface area contributed by atoms with Crippen LogP contribution in [0.25, 0.3) is 0 Å². The molecule has 1 aromatic heterocycles. The van der Waals surface area contributed by atoms with Crippen LogP contribution < -0.4 is 10.0 Å². The summed E-state index contributed by atoms with van der Waals surface area (Å²) in [5.41, 5.74) is 0.818. The molecule has 0 aliphatic carbocycles. The lowest BCUT2D eigenvalue weighted by Crippen LogP contribution is -2.31. The fraction of sp³-hybridized carbons (Fsp3) is 0.600. The fourth-order valence-corrected chi connectivity index (χ4v) is 4.15. The summed E-state index contributed by atoms with van der Waals surface area (Å²) < 4.78 is 26.8. The Morgan fingerprint density at radius 1 is 1.31 bits per heavy atom. The maximum absolute atomic E-state index is 11.9. The molecule has 1 aromatic rings. The first-order valence-electron chi connectivity index (χ1n) is 5.24. The molecular weight excluding hydrogens is 244 g/mol. The Bertz CT molecular complexity index is 438. The molecule has 0 spiro atoms. The van der Waals surface area contributed by atoms with E-state index in [1.165, 1.54) is 11.3 Å². The van der Waals surface area contributed by atoms with Crippen molar-refractivity contribution in [2.45, 2.75) is 25.0 Å². The quantitative estimate of drug-likeness (QED) is 0.759. The Hall–Kier alpha value is -0.430. The number of rotatable bonds is 6. The smallest absolute Gasteiger partial charge is 0.250 e. The maximum atomic E-state index is 11.9. The number of sulfonamides is 1. The SMILES string of the molecule is CCNCCNS(=O)(=O)c1sc(C)cc1C. The van der Waals surface area contributed by atoms with E-state index in [2.05, 4.69) is 10.0 Å². The zero-order valence-corrected chi connectivity index (χ0v) is 11.5. The Morgan fingerprint density at radius 2 is 2.00 bits per heavy atom. The van der Waals surface area contributed by atoms with Gasteiger partial charge in [0.1, 0.15) is 4.21 Å². The van der Waals surface area contributed by atoms with E-state index in [-0.39, 0.29) is 0 Å². The van der Waals surface area contributed by atoms with Gasteiger partial charge in [0.25, 0.3) is 0 Å². The Balaban J connectivity index is 2.67. The van der Waals surface area contributed by atoms with Gasteiger partial charge in [0.2, 0.25) is 10.0 Å². The second-order valence-electron chi connectivity index (χ2n) is 3.58. The summed E-state index contributed by atoms with van der Waals surface area (Å²) in [6, 6.07) is 1.89. The van der Waals surface area contributed by atoms with Crippen LogP contribution in [0.3, 0.4) is 0 Å². The predicted octanol–water partition coefficient (Wildman–Crippen LogP) is 1.25. The Kier molecular flexibility index (Phi) is 4.91. The van der Waals surface area contributed by atoms with Gasteiger partial charge in [0.15, 0.2) is 0 Å². The molecule has 0 bridgehead atoms. The summed E-state index contributed by atoms with van der Waals surface area (Å²) in [5.74, 6) is 0. The third-order valence-corrected chi connectivity index (χ3v) is 5.33. The van der Waals surface area contributed by atoms with Crippen molar-refractivity contribution in [1.29, 1.82) is 0 Å². The van der Waals surface area contributed by atoms with Gasteiger partial charge in [-0.1, -0.05) is 6.92 Å². The van der Waals surface area contributed by atoms with E-state index < -0.39 is 10.0 Å². The van der Waals surface area contributed by atoms with Crippen LogP contribution >= 0.6 is 11.3 Å². The number of nitrogens with one attached hydrogen (secondary N) is 2. The molecule has 0 unspecified atom stereocenters. The topological polar surface area (TPSA) is 58.2 Å². The Morgan fingerprint density at radius 3 is 2.50 bits per heavy atom. The van der Waals surface area contributed by atoms with Crippen LogP contribution in [0.4, 0.5) is 0 Å². The highest BCUT2D eigenvalue weighted by atomic mass is 32.2. The molecule has 0 atom stereocenters. The first kappa shape index (κ1) is 13.6. The lowest BCUT2D eigenvalue weighted by molar-refractivity contribution is 0.579. The molecule has 0 amide bonds. The van der Waals surface area contributed by atoms with E-state index in [4.69, 9.17) is 0 Å². The molecule has 0 fully saturated rings. The second-order valence-corrected chi connectivity index (χ2v) is 6.80. The van der Waals surface area contributed by atoms with Gasteiger partial charge >= 0.3 is 0 Å². The van der Waals surface area contributed by atoms with Crippen molar-refractivity contribution in [3.05, 3.63) is 16.5 Å². The van der Waals surface area contributed by atoms with Gasteiger partial charge in [0.05, 0.1) is 0 Å². The van der Waals surface area contributed by atoms with Gasteiger partial charge < -0.3 is 5.32 Å². The van der Waals surface area contributed by atoms with E-state index in [0.717, 1.165) is 17.0 Å². The molecule has 0 aliphatic rings. The molecule has 16 heavy (non-hydrogen) atoms. The average molecular weight is 262 g/mol. The minimum absolute atomic E-state index is 0.423. The van der Waals surface area contributed by atoms with E-state index in [1.807, 2.05) is 26.8 Å². The lowest BCUT2D eigenvalue weighted by atomic mass is 10.4. The molecule has 0 aromatic carbocycles. The molecule has 1 heterocycles. The summed E-state index contributed by atoms with van der Waals surface area (Å²) in [7, 11) is -3.32. The van der Waals surface area contributed by atoms with E-state index >= 15 is 0 Å². The summed E-state index contributed by atoms with van der Waals surface area (Å²) in [6.07, 6.45) is 0. The summed E-state index contributed by atoms with van der Waals surface area (Å²) >= 11 is 1.31. The zero-order chi connectivity index (χ0) is 12.2. The van der Waals surface area contributed by atoms with Crippen LogP contribution in [0, 0.1) is 13.8 Å². The van der Waals surface area contributed by atoms with Crippen LogP contribution in [0.1, 0.15) is 17.4 Å². The van der Waals surface area contributed by atoms with E-state index in [9.17, 15) is 8.42 Å². The second kappa shape index (κ2) is 5.77. The monoisotopic (exact) mass is 262 g/mol. The number of hydrogen-bond donors (Lipinski definition) is 2. The number of aryl methyl sites for hydroxylation is 2. The molecule has 0 saturated heterocycles. The molecule has 0 saturated carbocycles.